The molecule has 0 saturated heterocycles. The zero-order valence-corrected chi connectivity index (χ0v) is 18.3. The molecule has 0 spiro atoms. The Morgan fingerprint density at radius 2 is 1.82 bits per heavy atom. The van der Waals surface area contributed by atoms with Gasteiger partial charge in [0.25, 0.3) is 11.8 Å². The Labute approximate surface area is 195 Å². The molecular formula is C25H19ClFN3O3. The summed E-state index contributed by atoms with van der Waals surface area (Å²) in [4.78, 5) is 24.8. The van der Waals surface area contributed by atoms with Gasteiger partial charge in [0, 0.05) is 22.0 Å². The lowest BCUT2D eigenvalue weighted by molar-refractivity contribution is -0.118. The van der Waals surface area contributed by atoms with Gasteiger partial charge in [-0.1, -0.05) is 29.8 Å². The van der Waals surface area contributed by atoms with Gasteiger partial charge in [-0.25, -0.2) is 4.39 Å². The third-order valence-corrected chi connectivity index (χ3v) is 4.75. The number of carbonyl (C=O) groups is 2. The van der Waals surface area contributed by atoms with Crippen LogP contribution >= 0.6 is 11.6 Å². The lowest BCUT2D eigenvalue weighted by Crippen LogP contribution is -2.21. The molecule has 33 heavy (non-hydrogen) atoms. The summed E-state index contributed by atoms with van der Waals surface area (Å²) >= 11 is 6.07. The van der Waals surface area contributed by atoms with Crippen molar-refractivity contribution in [1.82, 2.24) is 0 Å². The largest absolute Gasteiger partial charge is 0.483 e. The van der Waals surface area contributed by atoms with Gasteiger partial charge in [0.2, 0.25) is 0 Å². The molecule has 6 nitrogen and oxygen atoms in total. The van der Waals surface area contributed by atoms with Crippen molar-refractivity contribution >= 4 is 40.9 Å². The SMILES string of the molecule is Cc1ccccc1NC(=O)COc1ccc(Cl)cc1/C=C(\C#N)C(=O)Nc1ccc(F)cc1. The van der Waals surface area contributed by atoms with Gasteiger partial charge in [-0.15, -0.1) is 0 Å². The third-order valence-electron chi connectivity index (χ3n) is 4.52. The van der Waals surface area contributed by atoms with Gasteiger partial charge in [0.05, 0.1) is 0 Å². The van der Waals surface area contributed by atoms with E-state index in [4.69, 9.17) is 16.3 Å². The number of ether oxygens (including phenoxy) is 1. The normalized spacial score (nSPS) is 10.8. The monoisotopic (exact) mass is 463 g/mol. The molecule has 2 N–H and O–H groups in total. The molecule has 0 fully saturated rings. The second-order valence-electron chi connectivity index (χ2n) is 6.96. The summed E-state index contributed by atoms with van der Waals surface area (Å²) in [6, 6.07) is 18.9. The minimum absolute atomic E-state index is 0.226. The Morgan fingerprint density at radius 1 is 1.09 bits per heavy atom. The van der Waals surface area contributed by atoms with Crippen LogP contribution in [0, 0.1) is 24.1 Å². The number of nitriles is 1. The highest BCUT2D eigenvalue weighted by atomic mass is 35.5. The molecule has 0 bridgehead atoms. The fourth-order valence-corrected chi connectivity index (χ4v) is 3.02. The zero-order valence-electron chi connectivity index (χ0n) is 17.6. The van der Waals surface area contributed by atoms with E-state index in [1.165, 1.54) is 36.4 Å². The molecule has 3 aromatic rings. The first-order valence-corrected chi connectivity index (χ1v) is 10.2. The van der Waals surface area contributed by atoms with Gasteiger partial charge in [-0.3, -0.25) is 9.59 Å². The summed E-state index contributed by atoms with van der Waals surface area (Å²) in [6.45, 7) is 1.58. The lowest BCUT2D eigenvalue weighted by Gasteiger charge is -2.12. The van der Waals surface area contributed by atoms with Crippen molar-refractivity contribution in [3.05, 3.63) is 94.3 Å². The number of nitrogens with one attached hydrogen (secondary N) is 2. The van der Waals surface area contributed by atoms with Crippen LogP contribution in [0.4, 0.5) is 15.8 Å². The Kier molecular flexibility index (Phi) is 7.79. The van der Waals surface area contributed by atoms with Crippen molar-refractivity contribution in [3.63, 3.8) is 0 Å². The predicted molar refractivity (Wildman–Crippen MR) is 125 cm³/mol. The van der Waals surface area contributed by atoms with Gasteiger partial charge in [0.15, 0.2) is 6.61 Å². The lowest BCUT2D eigenvalue weighted by atomic mass is 10.1. The number of aryl methyl sites for hydroxylation is 1. The molecule has 0 heterocycles. The summed E-state index contributed by atoms with van der Waals surface area (Å²) in [5, 5.41) is 15.1. The Hall–Kier alpha value is -4.15. The molecule has 8 heteroatoms. The molecule has 0 aliphatic carbocycles. The topological polar surface area (TPSA) is 91.2 Å². The van der Waals surface area contributed by atoms with E-state index in [0.29, 0.717) is 22.0 Å². The average molecular weight is 464 g/mol. The summed E-state index contributed by atoms with van der Waals surface area (Å²) in [5.74, 6) is -1.24. The van der Waals surface area contributed by atoms with E-state index in [-0.39, 0.29) is 23.8 Å². The van der Waals surface area contributed by atoms with Crippen LogP contribution in [0.1, 0.15) is 11.1 Å². The molecule has 2 amide bonds. The Morgan fingerprint density at radius 3 is 2.52 bits per heavy atom. The molecule has 3 aromatic carbocycles. The van der Waals surface area contributed by atoms with Crippen molar-refractivity contribution in [2.24, 2.45) is 0 Å². The minimum Gasteiger partial charge on any atom is -0.483 e. The predicted octanol–water partition coefficient (Wildman–Crippen LogP) is 5.35. The number of para-hydroxylation sites is 1. The molecule has 0 radical (unpaired) electrons. The second-order valence-corrected chi connectivity index (χ2v) is 7.40. The van der Waals surface area contributed by atoms with E-state index in [1.54, 1.807) is 18.2 Å². The van der Waals surface area contributed by atoms with Crippen LogP contribution < -0.4 is 15.4 Å². The highest BCUT2D eigenvalue weighted by Crippen LogP contribution is 2.26. The van der Waals surface area contributed by atoms with E-state index in [9.17, 15) is 19.2 Å². The summed E-state index contributed by atoms with van der Waals surface area (Å²) < 4.78 is 18.7. The number of amides is 2. The summed E-state index contributed by atoms with van der Waals surface area (Å²) in [7, 11) is 0. The van der Waals surface area contributed by atoms with Gasteiger partial charge in [-0.2, -0.15) is 5.26 Å². The van der Waals surface area contributed by atoms with Crippen molar-refractivity contribution in [2.75, 3.05) is 17.2 Å². The highest BCUT2D eigenvalue weighted by molar-refractivity contribution is 6.30. The van der Waals surface area contributed by atoms with Gasteiger partial charge >= 0.3 is 0 Å². The molecule has 0 aliphatic heterocycles. The molecule has 0 atom stereocenters. The number of halogens is 2. The maximum atomic E-state index is 13.1. The molecule has 3 rings (SSSR count). The Bertz CT molecular complexity index is 1250. The average Bonchev–Trinajstić information content (AvgIpc) is 2.79. The van der Waals surface area contributed by atoms with E-state index in [2.05, 4.69) is 10.6 Å². The quantitative estimate of drug-likeness (QED) is 0.365. The number of anilines is 2. The molecule has 0 aliphatic rings. The number of rotatable bonds is 7. The van der Waals surface area contributed by atoms with Crippen LogP contribution in [0.5, 0.6) is 5.75 Å². The van der Waals surface area contributed by atoms with Crippen LogP contribution in [0.3, 0.4) is 0 Å². The van der Waals surface area contributed by atoms with E-state index in [0.717, 1.165) is 5.56 Å². The first-order chi connectivity index (χ1) is 15.9. The van der Waals surface area contributed by atoms with Crippen molar-refractivity contribution < 1.29 is 18.7 Å². The van der Waals surface area contributed by atoms with Crippen molar-refractivity contribution in [2.45, 2.75) is 6.92 Å². The molecule has 0 aromatic heterocycles. The van der Waals surface area contributed by atoms with Gasteiger partial charge < -0.3 is 15.4 Å². The Balaban J connectivity index is 1.75. The number of carbonyl (C=O) groups excluding carboxylic acids is 2. The maximum absolute atomic E-state index is 13.1. The zero-order chi connectivity index (χ0) is 23.8. The molecular weight excluding hydrogens is 445 g/mol. The van der Waals surface area contributed by atoms with Crippen LogP contribution in [0.2, 0.25) is 5.02 Å². The molecule has 0 saturated carbocycles. The molecule has 166 valence electrons. The van der Waals surface area contributed by atoms with Gasteiger partial charge in [0.1, 0.15) is 23.2 Å². The number of hydrogen-bond acceptors (Lipinski definition) is 4. The standard InChI is InChI=1S/C25H19ClFN3O3/c1-16-4-2-3-5-22(16)30-24(31)15-33-23-11-6-19(26)13-17(23)12-18(14-28)25(32)29-21-9-7-20(27)8-10-21/h2-13H,15H2,1H3,(H,29,32)(H,30,31)/b18-12+. The molecule has 0 unspecified atom stereocenters. The number of benzene rings is 3. The van der Waals surface area contributed by atoms with Gasteiger partial charge in [-0.05, 0) is 67.1 Å². The fraction of sp³-hybridized carbons (Fsp3) is 0.0800. The van der Waals surface area contributed by atoms with E-state index >= 15 is 0 Å². The van der Waals surface area contributed by atoms with Crippen LogP contribution in [0.15, 0.2) is 72.3 Å². The fourth-order valence-electron chi connectivity index (χ4n) is 2.84. The summed E-state index contributed by atoms with van der Waals surface area (Å²) in [6.07, 6.45) is 1.30. The van der Waals surface area contributed by atoms with Crippen LogP contribution in [0.25, 0.3) is 6.08 Å². The second kappa shape index (κ2) is 10.9. The maximum Gasteiger partial charge on any atom is 0.266 e. The first kappa shape index (κ1) is 23.5. The van der Waals surface area contributed by atoms with E-state index < -0.39 is 11.7 Å². The summed E-state index contributed by atoms with van der Waals surface area (Å²) in [5.41, 5.74) is 2.03. The van der Waals surface area contributed by atoms with Crippen LogP contribution in [-0.4, -0.2) is 18.4 Å². The van der Waals surface area contributed by atoms with Crippen LogP contribution in [-0.2, 0) is 9.59 Å². The van der Waals surface area contributed by atoms with E-state index in [1.807, 2.05) is 31.2 Å². The van der Waals surface area contributed by atoms with Crippen molar-refractivity contribution in [3.8, 4) is 11.8 Å². The number of nitrogens with zero attached hydrogens (tertiary/aromatic N) is 1. The van der Waals surface area contributed by atoms with Crippen molar-refractivity contribution in [1.29, 1.82) is 5.26 Å². The first-order valence-electron chi connectivity index (χ1n) is 9.82. The third kappa shape index (κ3) is 6.66. The highest BCUT2D eigenvalue weighted by Gasteiger charge is 2.13. The minimum atomic E-state index is -0.688. The number of hydrogen-bond donors (Lipinski definition) is 2. The smallest absolute Gasteiger partial charge is 0.266 e.